The van der Waals surface area contributed by atoms with Crippen molar-refractivity contribution in [3.05, 3.63) is 23.8 Å². The molecule has 3 heteroatoms. The molecule has 0 aromatic rings. The van der Waals surface area contributed by atoms with Crippen LogP contribution in [0.25, 0.3) is 0 Å². The normalized spacial score (nSPS) is 22.8. The molecule has 0 saturated heterocycles. The first-order valence-electron chi connectivity index (χ1n) is 6.47. The summed E-state index contributed by atoms with van der Waals surface area (Å²) in [6, 6.07) is 0. The standard InChI is InChI=1S/C15H22O3/c1-5-18-14(17)10-13(16)12-6-8-15(4,9-7-12)11(2)3/h6-8,11H,5,9-10H2,1-4H3. The highest BCUT2D eigenvalue weighted by atomic mass is 16.5. The molecule has 0 bridgehead atoms. The number of Topliss-reactive ketones (excluding diaryl/α,β-unsaturated/α-hetero) is 1. The minimum Gasteiger partial charge on any atom is -0.466 e. The molecular formula is C15H22O3. The second-order valence-electron chi connectivity index (χ2n) is 5.26. The quantitative estimate of drug-likeness (QED) is 0.556. The molecule has 0 saturated carbocycles. The van der Waals surface area contributed by atoms with E-state index in [0.29, 0.717) is 18.1 Å². The van der Waals surface area contributed by atoms with Gasteiger partial charge in [0.05, 0.1) is 6.61 Å². The van der Waals surface area contributed by atoms with Gasteiger partial charge in [0.25, 0.3) is 0 Å². The molecule has 1 aliphatic rings. The highest BCUT2D eigenvalue weighted by Gasteiger charge is 2.27. The predicted molar refractivity (Wildman–Crippen MR) is 71.0 cm³/mol. The average molecular weight is 250 g/mol. The molecule has 0 aromatic carbocycles. The molecule has 1 rings (SSSR count). The smallest absolute Gasteiger partial charge is 0.313 e. The fraction of sp³-hybridized carbons (Fsp3) is 0.600. The fourth-order valence-corrected chi connectivity index (χ4v) is 1.83. The van der Waals surface area contributed by atoms with Crippen LogP contribution >= 0.6 is 0 Å². The highest BCUT2D eigenvalue weighted by molar-refractivity contribution is 6.07. The van der Waals surface area contributed by atoms with Crippen molar-refractivity contribution >= 4 is 11.8 Å². The molecule has 0 aliphatic heterocycles. The van der Waals surface area contributed by atoms with Crippen molar-refractivity contribution in [3.8, 4) is 0 Å². The van der Waals surface area contributed by atoms with Crippen molar-refractivity contribution in [2.24, 2.45) is 11.3 Å². The number of esters is 1. The number of carbonyl (C=O) groups excluding carboxylic acids is 2. The Hall–Kier alpha value is -1.38. The first-order valence-corrected chi connectivity index (χ1v) is 6.47. The largest absolute Gasteiger partial charge is 0.466 e. The monoisotopic (exact) mass is 250 g/mol. The third-order valence-electron chi connectivity index (χ3n) is 3.66. The van der Waals surface area contributed by atoms with Crippen LogP contribution < -0.4 is 0 Å². The number of hydrogen-bond acceptors (Lipinski definition) is 3. The number of carbonyl (C=O) groups is 2. The summed E-state index contributed by atoms with van der Waals surface area (Å²) < 4.78 is 4.77. The Morgan fingerprint density at radius 1 is 1.44 bits per heavy atom. The highest BCUT2D eigenvalue weighted by Crippen LogP contribution is 2.36. The van der Waals surface area contributed by atoms with Gasteiger partial charge in [0.1, 0.15) is 6.42 Å². The summed E-state index contributed by atoms with van der Waals surface area (Å²) in [6.45, 7) is 8.56. The van der Waals surface area contributed by atoms with Crippen LogP contribution in [0.5, 0.6) is 0 Å². The van der Waals surface area contributed by atoms with Crippen LogP contribution in [0.1, 0.15) is 40.5 Å². The Morgan fingerprint density at radius 2 is 2.11 bits per heavy atom. The van der Waals surface area contributed by atoms with E-state index in [1.807, 2.05) is 12.2 Å². The van der Waals surface area contributed by atoms with Crippen molar-refractivity contribution in [3.63, 3.8) is 0 Å². The molecule has 0 amide bonds. The second kappa shape index (κ2) is 5.98. The van der Waals surface area contributed by atoms with Crippen molar-refractivity contribution in [2.75, 3.05) is 6.61 Å². The third-order valence-corrected chi connectivity index (χ3v) is 3.66. The summed E-state index contributed by atoms with van der Waals surface area (Å²) in [5.74, 6) is -0.0868. The van der Waals surface area contributed by atoms with Gasteiger partial charge in [0, 0.05) is 5.57 Å². The van der Waals surface area contributed by atoms with Gasteiger partial charge in [-0.2, -0.15) is 0 Å². The van der Waals surface area contributed by atoms with Gasteiger partial charge < -0.3 is 4.74 Å². The van der Waals surface area contributed by atoms with E-state index in [-0.39, 0.29) is 17.6 Å². The molecule has 0 fully saturated rings. The number of allylic oxidation sites excluding steroid dienone is 4. The first kappa shape index (κ1) is 14.7. The van der Waals surface area contributed by atoms with Crippen LogP contribution in [0.3, 0.4) is 0 Å². The molecule has 0 radical (unpaired) electrons. The zero-order valence-corrected chi connectivity index (χ0v) is 11.7. The summed E-state index contributed by atoms with van der Waals surface area (Å²) in [4.78, 5) is 23.1. The van der Waals surface area contributed by atoms with Gasteiger partial charge >= 0.3 is 5.97 Å². The van der Waals surface area contributed by atoms with E-state index in [4.69, 9.17) is 4.74 Å². The van der Waals surface area contributed by atoms with Crippen LogP contribution in [0.15, 0.2) is 23.8 Å². The lowest BCUT2D eigenvalue weighted by atomic mass is 9.73. The van der Waals surface area contributed by atoms with E-state index in [0.717, 1.165) is 6.42 Å². The van der Waals surface area contributed by atoms with Crippen LogP contribution in [0, 0.1) is 11.3 Å². The van der Waals surface area contributed by atoms with Gasteiger partial charge in [0.15, 0.2) is 5.78 Å². The topological polar surface area (TPSA) is 43.4 Å². The number of hydrogen-bond donors (Lipinski definition) is 0. The molecule has 0 spiro atoms. The maximum absolute atomic E-state index is 11.8. The average Bonchev–Trinajstić information content (AvgIpc) is 2.29. The Kier molecular flexibility index (Phi) is 4.88. The minimum absolute atomic E-state index is 0.105. The van der Waals surface area contributed by atoms with Crippen molar-refractivity contribution in [1.82, 2.24) is 0 Å². The van der Waals surface area contributed by atoms with E-state index in [1.54, 1.807) is 6.92 Å². The molecule has 3 nitrogen and oxygen atoms in total. The van der Waals surface area contributed by atoms with Crippen LogP contribution in [-0.4, -0.2) is 18.4 Å². The van der Waals surface area contributed by atoms with E-state index < -0.39 is 5.97 Å². The van der Waals surface area contributed by atoms with E-state index in [1.165, 1.54) is 0 Å². The molecular weight excluding hydrogens is 228 g/mol. The van der Waals surface area contributed by atoms with Gasteiger partial charge in [0.2, 0.25) is 0 Å². The van der Waals surface area contributed by atoms with Crippen LogP contribution in [0.2, 0.25) is 0 Å². The fourth-order valence-electron chi connectivity index (χ4n) is 1.83. The Morgan fingerprint density at radius 3 is 2.56 bits per heavy atom. The molecule has 100 valence electrons. The van der Waals surface area contributed by atoms with Gasteiger partial charge in [-0.15, -0.1) is 0 Å². The van der Waals surface area contributed by atoms with Crippen LogP contribution in [-0.2, 0) is 14.3 Å². The SMILES string of the molecule is CCOC(=O)CC(=O)C1=CCC(C)(C(C)C)C=C1. The van der Waals surface area contributed by atoms with Crippen molar-refractivity contribution in [2.45, 2.75) is 40.5 Å². The molecule has 0 N–H and O–H groups in total. The van der Waals surface area contributed by atoms with E-state index in [9.17, 15) is 9.59 Å². The second-order valence-corrected chi connectivity index (χ2v) is 5.26. The predicted octanol–water partition coefficient (Wildman–Crippen LogP) is 3.06. The molecule has 1 atom stereocenters. The number of ether oxygens (including phenoxy) is 1. The van der Waals surface area contributed by atoms with Crippen molar-refractivity contribution in [1.29, 1.82) is 0 Å². The maximum Gasteiger partial charge on any atom is 0.313 e. The lowest BCUT2D eigenvalue weighted by molar-refractivity contribution is -0.144. The Labute approximate surface area is 109 Å². The van der Waals surface area contributed by atoms with Crippen LogP contribution in [0.4, 0.5) is 0 Å². The molecule has 1 unspecified atom stereocenters. The summed E-state index contributed by atoms with van der Waals surface area (Å²) in [6.07, 6.45) is 6.52. The summed E-state index contributed by atoms with van der Waals surface area (Å²) in [7, 11) is 0. The summed E-state index contributed by atoms with van der Waals surface area (Å²) in [5.41, 5.74) is 0.731. The lowest BCUT2D eigenvalue weighted by Crippen LogP contribution is -2.23. The number of rotatable bonds is 5. The zero-order chi connectivity index (χ0) is 13.8. The van der Waals surface area contributed by atoms with E-state index in [2.05, 4.69) is 26.8 Å². The Balaban J connectivity index is 2.62. The third kappa shape index (κ3) is 3.56. The van der Waals surface area contributed by atoms with Gasteiger partial charge in [-0.1, -0.05) is 39.0 Å². The molecule has 0 aromatic heterocycles. The lowest BCUT2D eigenvalue weighted by Gasteiger charge is -2.31. The number of ketones is 1. The molecule has 18 heavy (non-hydrogen) atoms. The Bertz CT molecular complexity index is 391. The molecule has 1 aliphatic carbocycles. The van der Waals surface area contributed by atoms with Gasteiger partial charge in [-0.05, 0) is 24.7 Å². The minimum atomic E-state index is -0.450. The summed E-state index contributed by atoms with van der Waals surface area (Å²) in [5, 5.41) is 0. The first-order chi connectivity index (χ1) is 8.39. The summed E-state index contributed by atoms with van der Waals surface area (Å²) >= 11 is 0. The zero-order valence-electron chi connectivity index (χ0n) is 11.7. The maximum atomic E-state index is 11.8. The molecule has 0 heterocycles. The van der Waals surface area contributed by atoms with E-state index >= 15 is 0 Å². The van der Waals surface area contributed by atoms with Gasteiger partial charge in [-0.3, -0.25) is 9.59 Å². The van der Waals surface area contributed by atoms with Crippen molar-refractivity contribution < 1.29 is 14.3 Å². The van der Waals surface area contributed by atoms with Gasteiger partial charge in [-0.25, -0.2) is 0 Å².